The molecule has 0 amide bonds. The van der Waals surface area contributed by atoms with Gasteiger partial charge in [0.2, 0.25) is 0 Å². The van der Waals surface area contributed by atoms with Gasteiger partial charge in [0.25, 0.3) is 0 Å². The first kappa shape index (κ1) is 9.38. The predicted octanol–water partition coefficient (Wildman–Crippen LogP) is 0.0854. The molecule has 0 aliphatic heterocycles. The first-order valence-electron chi connectivity index (χ1n) is 4.24. The summed E-state index contributed by atoms with van der Waals surface area (Å²) in [4.78, 5) is 11.3. The van der Waals surface area contributed by atoms with E-state index in [0.29, 0.717) is 11.5 Å². The fraction of sp³-hybridized carbons (Fsp3) is 0.250. The zero-order chi connectivity index (χ0) is 10.8. The van der Waals surface area contributed by atoms with Crippen LogP contribution in [0.1, 0.15) is 16.2 Å². The molecule has 0 aliphatic rings. The summed E-state index contributed by atoms with van der Waals surface area (Å²) in [6, 6.07) is 1.72. The van der Waals surface area contributed by atoms with Crippen molar-refractivity contribution in [2.75, 3.05) is 7.11 Å². The van der Waals surface area contributed by atoms with Gasteiger partial charge in [-0.05, 0) is 6.92 Å². The van der Waals surface area contributed by atoms with Crippen LogP contribution in [0.25, 0.3) is 5.82 Å². The van der Waals surface area contributed by atoms with Gasteiger partial charge in [-0.3, -0.25) is 5.10 Å². The number of rotatable bonds is 2. The Morgan fingerprint density at radius 2 is 2.40 bits per heavy atom. The molecule has 2 heterocycles. The number of hydrogen-bond acceptors (Lipinski definition) is 5. The Hall–Kier alpha value is -2.18. The van der Waals surface area contributed by atoms with Gasteiger partial charge in [0.05, 0.1) is 19.0 Å². The Balaban J connectivity index is 2.45. The molecule has 0 spiro atoms. The van der Waals surface area contributed by atoms with Gasteiger partial charge in [0.1, 0.15) is 0 Å². The van der Waals surface area contributed by atoms with E-state index in [2.05, 4.69) is 25.2 Å². The second-order valence-electron chi connectivity index (χ2n) is 2.87. The summed E-state index contributed by atoms with van der Waals surface area (Å²) in [5.41, 5.74) is 0.804. The minimum atomic E-state index is -0.502. The number of aromatic nitrogens is 5. The Morgan fingerprint density at radius 3 is 3.00 bits per heavy atom. The fourth-order valence-electron chi connectivity index (χ4n) is 1.21. The highest BCUT2D eigenvalue weighted by molar-refractivity contribution is 5.88. The van der Waals surface area contributed by atoms with Gasteiger partial charge in [-0.25, -0.2) is 4.79 Å². The number of carbonyl (C=O) groups is 1. The molecular formula is C8H9N5O2. The average molecular weight is 207 g/mol. The van der Waals surface area contributed by atoms with Crippen LogP contribution >= 0.6 is 0 Å². The molecule has 0 atom stereocenters. The number of esters is 1. The van der Waals surface area contributed by atoms with E-state index in [9.17, 15) is 4.79 Å². The highest BCUT2D eigenvalue weighted by Gasteiger charge is 2.17. The molecule has 0 bridgehead atoms. The summed E-state index contributed by atoms with van der Waals surface area (Å²) < 4.78 is 6.05. The van der Waals surface area contributed by atoms with Gasteiger partial charge in [-0.15, -0.1) is 5.10 Å². The van der Waals surface area contributed by atoms with Gasteiger partial charge >= 0.3 is 5.97 Å². The first-order valence-corrected chi connectivity index (χ1v) is 4.24. The molecule has 15 heavy (non-hydrogen) atoms. The van der Waals surface area contributed by atoms with Crippen LogP contribution in [0.5, 0.6) is 0 Å². The molecule has 2 aromatic heterocycles. The molecule has 0 saturated heterocycles. The van der Waals surface area contributed by atoms with Crippen molar-refractivity contribution in [1.29, 1.82) is 0 Å². The summed E-state index contributed by atoms with van der Waals surface area (Å²) in [5.74, 6) is 0.147. The van der Waals surface area contributed by atoms with Gasteiger partial charge in [0.15, 0.2) is 11.5 Å². The molecule has 0 aromatic carbocycles. The molecule has 0 unspecified atom stereocenters. The molecule has 0 aliphatic carbocycles. The van der Waals surface area contributed by atoms with Crippen molar-refractivity contribution in [3.63, 3.8) is 0 Å². The predicted molar refractivity (Wildman–Crippen MR) is 49.6 cm³/mol. The normalized spacial score (nSPS) is 10.3. The Kier molecular flexibility index (Phi) is 2.20. The van der Waals surface area contributed by atoms with Crippen molar-refractivity contribution < 1.29 is 9.53 Å². The zero-order valence-corrected chi connectivity index (χ0v) is 8.26. The van der Waals surface area contributed by atoms with Crippen molar-refractivity contribution in [3.8, 4) is 5.82 Å². The van der Waals surface area contributed by atoms with Crippen molar-refractivity contribution in [1.82, 2.24) is 25.2 Å². The zero-order valence-electron chi connectivity index (χ0n) is 8.26. The highest BCUT2D eigenvalue weighted by Crippen LogP contribution is 2.09. The van der Waals surface area contributed by atoms with E-state index >= 15 is 0 Å². The van der Waals surface area contributed by atoms with Crippen LogP contribution < -0.4 is 0 Å². The maximum atomic E-state index is 11.3. The molecule has 78 valence electrons. The van der Waals surface area contributed by atoms with Crippen molar-refractivity contribution in [2.24, 2.45) is 0 Å². The molecule has 2 aromatic rings. The van der Waals surface area contributed by atoms with Crippen LogP contribution in [-0.2, 0) is 4.74 Å². The van der Waals surface area contributed by atoms with Gasteiger partial charge < -0.3 is 4.74 Å². The molecule has 7 heteroatoms. The van der Waals surface area contributed by atoms with Crippen molar-refractivity contribution in [3.05, 3.63) is 23.7 Å². The maximum absolute atomic E-state index is 11.3. The SMILES string of the molecule is COC(=O)c1nnn(-c2ccn[nH]2)c1C. The number of ether oxygens (including phenoxy) is 1. The van der Waals surface area contributed by atoms with Crippen LogP contribution in [0.3, 0.4) is 0 Å². The summed E-state index contributed by atoms with van der Waals surface area (Å²) >= 11 is 0. The van der Waals surface area contributed by atoms with E-state index in [0.717, 1.165) is 0 Å². The quantitative estimate of drug-likeness (QED) is 0.705. The molecule has 2 rings (SSSR count). The smallest absolute Gasteiger partial charge is 0.360 e. The van der Waals surface area contributed by atoms with E-state index in [1.54, 1.807) is 19.2 Å². The summed E-state index contributed by atoms with van der Waals surface area (Å²) in [6.45, 7) is 1.73. The topological polar surface area (TPSA) is 85.7 Å². The minimum Gasteiger partial charge on any atom is -0.464 e. The lowest BCUT2D eigenvalue weighted by Crippen LogP contribution is -2.05. The lowest BCUT2D eigenvalue weighted by atomic mass is 10.3. The summed E-state index contributed by atoms with van der Waals surface area (Å²) in [6.07, 6.45) is 1.59. The lowest BCUT2D eigenvalue weighted by Gasteiger charge is -1.98. The van der Waals surface area contributed by atoms with Crippen molar-refractivity contribution >= 4 is 5.97 Å². The standard InChI is InChI=1S/C8H9N5O2/c1-5-7(8(14)15-2)11-12-13(5)6-3-4-9-10-6/h3-4H,1-2H3,(H,9,10). The number of hydrogen-bond donors (Lipinski definition) is 1. The third kappa shape index (κ3) is 1.47. The van der Waals surface area contributed by atoms with Gasteiger partial charge in [-0.2, -0.15) is 9.78 Å². The molecular weight excluding hydrogens is 198 g/mol. The summed E-state index contributed by atoms with van der Waals surface area (Å²) in [7, 11) is 1.30. The van der Waals surface area contributed by atoms with E-state index in [4.69, 9.17) is 0 Å². The Morgan fingerprint density at radius 1 is 1.60 bits per heavy atom. The second-order valence-corrected chi connectivity index (χ2v) is 2.87. The average Bonchev–Trinajstić information content (AvgIpc) is 2.85. The number of nitrogens with zero attached hydrogens (tertiary/aromatic N) is 4. The van der Waals surface area contributed by atoms with Crippen LogP contribution in [0, 0.1) is 6.92 Å². The third-order valence-electron chi connectivity index (χ3n) is 1.99. The number of methoxy groups -OCH3 is 1. The van der Waals surface area contributed by atoms with Gasteiger partial charge in [-0.1, -0.05) is 5.21 Å². The Bertz CT molecular complexity index is 473. The number of carbonyl (C=O) groups excluding carboxylic acids is 1. The van der Waals surface area contributed by atoms with Crippen LogP contribution in [0.15, 0.2) is 12.3 Å². The largest absolute Gasteiger partial charge is 0.464 e. The number of H-pyrrole nitrogens is 1. The molecule has 1 N–H and O–H groups in total. The minimum absolute atomic E-state index is 0.201. The van der Waals surface area contributed by atoms with E-state index < -0.39 is 5.97 Å². The number of aromatic amines is 1. The number of nitrogens with one attached hydrogen (secondary N) is 1. The molecule has 0 fully saturated rings. The van der Waals surface area contributed by atoms with Gasteiger partial charge in [0, 0.05) is 6.07 Å². The van der Waals surface area contributed by atoms with Crippen LogP contribution in [-0.4, -0.2) is 38.3 Å². The van der Waals surface area contributed by atoms with E-state index in [1.165, 1.54) is 11.8 Å². The summed E-state index contributed by atoms with van der Waals surface area (Å²) in [5, 5.41) is 14.1. The molecule has 7 nitrogen and oxygen atoms in total. The Labute approximate surface area is 85.1 Å². The fourth-order valence-corrected chi connectivity index (χ4v) is 1.21. The molecule has 0 saturated carbocycles. The third-order valence-corrected chi connectivity index (χ3v) is 1.99. The maximum Gasteiger partial charge on any atom is 0.360 e. The first-order chi connectivity index (χ1) is 7.24. The molecule has 0 radical (unpaired) electrons. The lowest BCUT2D eigenvalue weighted by molar-refractivity contribution is 0.0593. The monoisotopic (exact) mass is 207 g/mol. The highest BCUT2D eigenvalue weighted by atomic mass is 16.5. The van der Waals surface area contributed by atoms with Crippen LogP contribution in [0.4, 0.5) is 0 Å². The van der Waals surface area contributed by atoms with Crippen molar-refractivity contribution in [2.45, 2.75) is 6.92 Å². The van der Waals surface area contributed by atoms with E-state index in [-0.39, 0.29) is 5.69 Å². The van der Waals surface area contributed by atoms with E-state index in [1.807, 2.05) is 0 Å². The second kappa shape index (κ2) is 3.52. The van der Waals surface area contributed by atoms with Crippen LogP contribution in [0.2, 0.25) is 0 Å².